The number of hydrogen-bond acceptors (Lipinski definition) is 4. The van der Waals surface area contributed by atoms with Crippen LogP contribution in [0.3, 0.4) is 0 Å². The van der Waals surface area contributed by atoms with Crippen molar-refractivity contribution in [3.8, 4) is 0 Å². The number of nitrogens with zero attached hydrogens (tertiary/aromatic N) is 1. The SMILES string of the molecule is CC(C)(CCCl)Nc1ncccc1S(C)(=O)=O. The van der Waals surface area contributed by atoms with Crippen molar-refractivity contribution in [2.45, 2.75) is 30.7 Å². The Hall–Kier alpha value is -0.810. The van der Waals surface area contributed by atoms with Crippen molar-refractivity contribution in [3.05, 3.63) is 18.3 Å². The Kier molecular flexibility index (Phi) is 4.38. The predicted octanol–water partition coefficient (Wildman–Crippen LogP) is 2.30. The van der Waals surface area contributed by atoms with Gasteiger partial charge < -0.3 is 5.32 Å². The lowest BCUT2D eigenvalue weighted by Gasteiger charge is -2.26. The summed E-state index contributed by atoms with van der Waals surface area (Å²) >= 11 is 5.70. The van der Waals surface area contributed by atoms with Gasteiger partial charge in [-0.15, -0.1) is 11.6 Å². The van der Waals surface area contributed by atoms with Crippen molar-refractivity contribution in [1.29, 1.82) is 0 Å². The first-order valence-corrected chi connectivity index (χ1v) is 7.68. The summed E-state index contributed by atoms with van der Waals surface area (Å²) in [5.41, 5.74) is -0.296. The molecule has 1 heterocycles. The van der Waals surface area contributed by atoms with E-state index in [0.29, 0.717) is 18.1 Å². The molecule has 17 heavy (non-hydrogen) atoms. The molecule has 0 aromatic carbocycles. The van der Waals surface area contributed by atoms with E-state index in [-0.39, 0.29) is 10.4 Å². The third-order valence-corrected chi connectivity index (χ3v) is 3.66. The predicted molar refractivity (Wildman–Crippen MR) is 70.4 cm³/mol. The van der Waals surface area contributed by atoms with Crippen molar-refractivity contribution in [2.24, 2.45) is 0 Å². The molecule has 0 fully saturated rings. The highest BCUT2D eigenvalue weighted by molar-refractivity contribution is 7.90. The average molecular weight is 277 g/mol. The van der Waals surface area contributed by atoms with Gasteiger partial charge in [-0.05, 0) is 32.4 Å². The second kappa shape index (κ2) is 5.23. The average Bonchev–Trinajstić information content (AvgIpc) is 2.15. The highest BCUT2D eigenvalue weighted by atomic mass is 35.5. The number of hydrogen-bond donors (Lipinski definition) is 1. The smallest absolute Gasteiger partial charge is 0.179 e. The monoisotopic (exact) mass is 276 g/mol. The second-order valence-electron chi connectivity index (χ2n) is 4.57. The minimum Gasteiger partial charge on any atom is -0.364 e. The van der Waals surface area contributed by atoms with Crippen LogP contribution in [0.15, 0.2) is 23.2 Å². The molecule has 0 aliphatic heterocycles. The molecular formula is C11H17ClN2O2S. The minimum atomic E-state index is -3.28. The molecule has 0 radical (unpaired) electrons. The van der Waals surface area contributed by atoms with Crippen molar-refractivity contribution in [1.82, 2.24) is 4.98 Å². The van der Waals surface area contributed by atoms with E-state index in [2.05, 4.69) is 10.3 Å². The second-order valence-corrected chi connectivity index (χ2v) is 6.93. The van der Waals surface area contributed by atoms with Crippen molar-refractivity contribution >= 4 is 27.3 Å². The van der Waals surface area contributed by atoms with Crippen LogP contribution < -0.4 is 5.32 Å². The molecule has 1 N–H and O–H groups in total. The van der Waals surface area contributed by atoms with E-state index in [4.69, 9.17) is 11.6 Å². The summed E-state index contributed by atoms with van der Waals surface area (Å²) in [5.74, 6) is 0.881. The van der Waals surface area contributed by atoms with E-state index in [1.807, 2.05) is 13.8 Å². The van der Waals surface area contributed by atoms with Crippen LogP contribution in [0.5, 0.6) is 0 Å². The summed E-state index contributed by atoms with van der Waals surface area (Å²) < 4.78 is 23.2. The third kappa shape index (κ3) is 4.16. The fourth-order valence-corrected chi connectivity index (χ4v) is 2.66. The van der Waals surface area contributed by atoms with Crippen LogP contribution in [0.1, 0.15) is 20.3 Å². The summed E-state index contributed by atoms with van der Waals surface area (Å²) in [7, 11) is -3.28. The van der Waals surface area contributed by atoms with Gasteiger partial charge >= 0.3 is 0 Å². The Morgan fingerprint density at radius 1 is 1.47 bits per heavy atom. The molecule has 0 bridgehead atoms. The van der Waals surface area contributed by atoms with E-state index in [1.165, 1.54) is 6.26 Å². The van der Waals surface area contributed by atoms with Crippen LogP contribution in [0.25, 0.3) is 0 Å². The zero-order chi connectivity index (χ0) is 13.1. The molecular weight excluding hydrogens is 260 g/mol. The normalized spacial score (nSPS) is 12.5. The van der Waals surface area contributed by atoms with E-state index < -0.39 is 9.84 Å². The first-order valence-electron chi connectivity index (χ1n) is 5.25. The van der Waals surface area contributed by atoms with E-state index in [9.17, 15) is 8.42 Å². The maximum atomic E-state index is 11.6. The molecule has 0 atom stereocenters. The molecule has 0 aliphatic carbocycles. The molecule has 0 unspecified atom stereocenters. The number of rotatable bonds is 5. The zero-order valence-corrected chi connectivity index (χ0v) is 11.8. The summed E-state index contributed by atoms with van der Waals surface area (Å²) in [6.45, 7) is 3.91. The lowest BCUT2D eigenvalue weighted by Crippen LogP contribution is -2.32. The van der Waals surface area contributed by atoms with Gasteiger partial charge in [0.25, 0.3) is 0 Å². The largest absolute Gasteiger partial charge is 0.364 e. The fourth-order valence-electron chi connectivity index (χ4n) is 1.40. The van der Waals surface area contributed by atoms with Gasteiger partial charge in [0, 0.05) is 23.9 Å². The Labute approximate surface area is 107 Å². The minimum absolute atomic E-state index is 0.211. The van der Waals surface area contributed by atoms with Crippen molar-refractivity contribution in [3.63, 3.8) is 0 Å². The number of nitrogens with one attached hydrogen (secondary N) is 1. The summed E-state index contributed by atoms with van der Waals surface area (Å²) in [5, 5.41) is 3.12. The Bertz CT molecular complexity index is 486. The molecule has 0 aliphatic rings. The number of halogens is 1. The quantitative estimate of drug-likeness (QED) is 0.839. The van der Waals surface area contributed by atoms with Gasteiger partial charge in [-0.1, -0.05) is 0 Å². The highest BCUT2D eigenvalue weighted by Gasteiger charge is 2.21. The molecule has 1 aromatic rings. The fraction of sp³-hybridized carbons (Fsp3) is 0.545. The van der Waals surface area contributed by atoms with Crippen LogP contribution in [-0.2, 0) is 9.84 Å². The number of sulfone groups is 1. The van der Waals surface area contributed by atoms with E-state index in [0.717, 1.165) is 0 Å². The number of pyridine rings is 1. The van der Waals surface area contributed by atoms with Gasteiger partial charge in [0.1, 0.15) is 10.7 Å². The first kappa shape index (κ1) is 14.3. The summed E-state index contributed by atoms with van der Waals surface area (Å²) in [4.78, 5) is 4.29. The lowest BCUT2D eigenvalue weighted by molar-refractivity contribution is 0.545. The molecule has 1 aromatic heterocycles. The molecule has 96 valence electrons. The number of aromatic nitrogens is 1. The molecule has 0 spiro atoms. The van der Waals surface area contributed by atoms with Crippen LogP contribution in [0.4, 0.5) is 5.82 Å². The molecule has 0 amide bonds. The van der Waals surface area contributed by atoms with Gasteiger partial charge in [-0.3, -0.25) is 0 Å². The topological polar surface area (TPSA) is 59.1 Å². The van der Waals surface area contributed by atoms with Gasteiger partial charge in [-0.25, -0.2) is 13.4 Å². The zero-order valence-electron chi connectivity index (χ0n) is 10.2. The first-order chi connectivity index (χ1) is 7.76. The van der Waals surface area contributed by atoms with E-state index in [1.54, 1.807) is 18.3 Å². The number of anilines is 1. The van der Waals surface area contributed by atoms with Gasteiger partial charge in [0.15, 0.2) is 9.84 Å². The van der Waals surface area contributed by atoms with Gasteiger partial charge in [0.2, 0.25) is 0 Å². The maximum absolute atomic E-state index is 11.6. The lowest BCUT2D eigenvalue weighted by atomic mass is 10.0. The third-order valence-electron chi connectivity index (χ3n) is 2.35. The molecule has 4 nitrogen and oxygen atoms in total. The van der Waals surface area contributed by atoms with E-state index >= 15 is 0 Å². The van der Waals surface area contributed by atoms with Crippen molar-refractivity contribution < 1.29 is 8.42 Å². The van der Waals surface area contributed by atoms with Crippen molar-refractivity contribution in [2.75, 3.05) is 17.5 Å². The van der Waals surface area contributed by atoms with Crippen LogP contribution >= 0.6 is 11.6 Å². The molecule has 0 saturated carbocycles. The van der Waals surface area contributed by atoms with Gasteiger partial charge in [-0.2, -0.15) is 0 Å². The van der Waals surface area contributed by atoms with Crippen LogP contribution in [0.2, 0.25) is 0 Å². The Balaban J connectivity index is 3.08. The highest BCUT2D eigenvalue weighted by Crippen LogP contribution is 2.23. The Morgan fingerprint density at radius 2 is 2.12 bits per heavy atom. The van der Waals surface area contributed by atoms with Crippen LogP contribution in [-0.4, -0.2) is 31.1 Å². The summed E-state index contributed by atoms with van der Waals surface area (Å²) in [6, 6.07) is 3.15. The van der Waals surface area contributed by atoms with Gasteiger partial charge in [0.05, 0.1) is 0 Å². The molecule has 0 saturated heterocycles. The molecule has 1 rings (SSSR count). The molecule has 6 heteroatoms. The number of alkyl halides is 1. The van der Waals surface area contributed by atoms with Crippen LogP contribution in [0, 0.1) is 0 Å². The Morgan fingerprint density at radius 3 is 2.65 bits per heavy atom. The standard InChI is InChI=1S/C11H17ClN2O2S/c1-11(2,6-7-12)14-10-9(17(3,15)16)5-4-8-13-10/h4-5,8H,6-7H2,1-3H3,(H,13,14). The maximum Gasteiger partial charge on any atom is 0.179 e. The summed E-state index contributed by atoms with van der Waals surface area (Å²) in [6.07, 6.45) is 3.45.